The van der Waals surface area contributed by atoms with E-state index in [-0.39, 0.29) is 25.0 Å². The molecule has 2 aliphatic rings. The van der Waals surface area contributed by atoms with Gasteiger partial charge in [0.25, 0.3) is 0 Å². The summed E-state index contributed by atoms with van der Waals surface area (Å²) in [6.07, 6.45) is 0.00428. The van der Waals surface area contributed by atoms with Gasteiger partial charge >= 0.3 is 6.09 Å². The molecule has 1 aliphatic carbocycles. The highest BCUT2D eigenvalue weighted by molar-refractivity contribution is 5.81. The zero-order valence-electron chi connectivity index (χ0n) is 8.22. The Morgan fingerprint density at radius 1 is 1.27 bits per heavy atom. The Morgan fingerprint density at radius 3 is 2.40 bits per heavy atom. The number of carboxylic acid groups (broad SMARTS) is 1. The fourth-order valence-corrected chi connectivity index (χ4v) is 1.74. The van der Waals surface area contributed by atoms with E-state index in [0.717, 1.165) is 17.7 Å². The van der Waals surface area contributed by atoms with Gasteiger partial charge < -0.3 is 20.4 Å². The molecule has 0 radical (unpaired) electrons. The fourth-order valence-electron chi connectivity index (χ4n) is 1.74. The standard InChI is InChI=1S/C9H14N2O4/c12-7-4-11(9(14)15)3-6(7)8(13)10-5-1-2-5/h5-7,12H,1-4H2,(H,10,13)(H,14,15)/t6-,7+/m1/s1. The highest BCUT2D eigenvalue weighted by Crippen LogP contribution is 2.22. The first kappa shape index (κ1) is 10.2. The molecule has 1 heterocycles. The Labute approximate surface area is 86.9 Å². The molecule has 6 nitrogen and oxygen atoms in total. The van der Waals surface area contributed by atoms with Gasteiger partial charge in [-0.2, -0.15) is 0 Å². The fraction of sp³-hybridized carbons (Fsp3) is 0.778. The third-order valence-corrected chi connectivity index (χ3v) is 2.82. The molecular formula is C9H14N2O4. The summed E-state index contributed by atoms with van der Waals surface area (Å²) >= 11 is 0. The zero-order valence-corrected chi connectivity index (χ0v) is 8.22. The summed E-state index contributed by atoms with van der Waals surface area (Å²) in [5.74, 6) is -0.838. The summed E-state index contributed by atoms with van der Waals surface area (Å²) in [6, 6.07) is 0.239. The summed E-state index contributed by atoms with van der Waals surface area (Å²) < 4.78 is 0. The van der Waals surface area contributed by atoms with Crippen molar-refractivity contribution >= 4 is 12.0 Å². The minimum Gasteiger partial charge on any atom is -0.465 e. The molecule has 15 heavy (non-hydrogen) atoms. The number of aliphatic hydroxyl groups is 1. The van der Waals surface area contributed by atoms with Crippen molar-refractivity contribution < 1.29 is 19.8 Å². The number of β-amino-alcohol motifs (C(OH)–C–C–N with tert-alkyl or cyclic N) is 1. The smallest absolute Gasteiger partial charge is 0.407 e. The van der Waals surface area contributed by atoms with E-state index in [1.807, 2.05) is 0 Å². The highest BCUT2D eigenvalue weighted by Gasteiger charge is 2.40. The van der Waals surface area contributed by atoms with Crippen LogP contribution in [0.4, 0.5) is 4.79 Å². The van der Waals surface area contributed by atoms with E-state index in [0.29, 0.717) is 0 Å². The van der Waals surface area contributed by atoms with Crippen LogP contribution in [0.2, 0.25) is 0 Å². The minimum absolute atomic E-state index is 0.0259. The summed E-state index contributed by atoms with van der Waals surface area (Å²) in [7, 11) is 0. The van der Waals surface area contributed by atoms with Crippen molar-refractivity contribution in [3.05, 3.63) is 0 Å². The molecule has 0 aromatic carbocycles. The van der Waals surface area contributed by atoms with E-state index in [1.54, 1.807) is 0 Å². The predicted molar refractivity (Wildman–Crippen MR) is 50.3 cm³/mol. The molecule has 2 fully saturated rings. The number of aliphatic hydroxyl groups excluding tert-OH is 1. The average Bonchev–Trinajstić information content (AvgIpc) is 2.86. The van der Waals surface area contributed by atoms with Crippen LogP contribution in [-0.4, -0.2) is 52.3 Å². The number of nitrogens with zero attached hydrogens (tertiary/aromatic N) is 1. The molecule has 1 saturated carbocycles. The molecule has 1 saturated heterocycles. The van der Waals surface area contributed by atoms with E-state index in [1.165, 1.54) is 0 Å². The van der Waals surface area contributed by atoms with Crippen molar-refractivity contribution in [3.8, 4) is 0 Å². The lowest BCUT2D eigenvalue weighted by Gasteiger charge is -2.12. The number of amides is 2. The average molecular weight is 214 g/mol. The SMILES string of the molecule is O=C(NC1CC1)[C@@H]1CN(C(=O)O)C[C@@H]1O. The third kappa shape index (κ3) is 2.20. The van der Waals surface area contributed by atoms with Crippen molar-refractivity contribution in [2.24, 2.45) is 5.92 Å². The summed E-state index contributed by atoms with van der Waals surface area (Å²) in [5.41, 5.74) is 0. The van der Waals surface area contributed by atoms with Crippen LogP contribution in [0.5, 0.6) is 0 Å². The van der Waals surface area contributed by atoms with Gasteiger partial charge in [0.15, 0.2) is 0 Å². The van der Waals surface area contributed by atoms with Gasteiger partial charge in [0.2, 0.25) is 5.91 Å². The monoisotopic (exact) mass is 214 g/mol. The number of hydrogen-bond acceptors (Lipinski definition) is 3. The van der Waals surface area contributed by atoms with Crippen LogP contribution in [-0.2, 0) is 4.79 Å². The molecule has 2 amide bonds. The summed E-state index contributed by atoms with van der Waals surface area (Å²) in [4.78, 5) is 23.3. The molecule has 3 N–H and O–H groups in total. The van der Waals surface area contributed by atoms with Gasteiger partial charge in [-0.15, -0.1) is 0 Å². The third-order valence-electron chi connectivity index (χ3n) is 2.82. The molecule has 0 unspecified atom stereocenters. The molecule has 2 rings (SSSR count). The number of carbonyl (C=O) groups excluding carboxylic acids is 1. The Balaban J connectivity index is 1.91. The van der Waals surface area contributed by atoms with Crippen molar-refractivity contribution in [1.29, 1.82) is 0 Å². The molecule has 2 atom stereocenters. The maximum absolute atomic E-state index is 11.6. The Hall–Kier alpha value is -1.30. The van der Waals surface area contributed by atoms with Gasteiger partial charge in [0.05, 0.1) is 18.6 Å². The van der Waals surface area contributed by atoms with Gasteiger partial charge in [0.1, 0.15) is 0 Å². The predicted octanol–water partition coefficient (Wildman–Crippen LogP) is -0.764. The van der Waals surface area contributed by atoms with E-state index >= 15 is 0 Å². The van der Waals surface area contributed by atoms with Crippen LogP contribution in [0.15, 0.2) is 0 Å². The van der Waals surface area contributed by atoms with E-state index in [4.69, 9.17) is 5.11 Å². The number of nitrogens with one attached hydrogen (secondary N) is 1. The summed E-state index contributed by atoms with van der Waals surface area (Å²) in [6.45, 7) is 0.118. The molecule has 1 aliphatic heterocycles. The second kappa shape index (κ2) is 3.69. The first-order valence-electron chi connectivity index (χ1n) is 5.04. The van der Waals surface area contributed by atoms with E-state index < -0.39 is 18.1 Å². The number of hydrogen-bond donors (Lipinski definition) is 3. The maximum Gasteiger partial charge on any atom is 0.407 e. The lowest BCUT2D eigenvalue weighted by Crippen LogP contribution is -2.38. The normalized spacial score (nSPS) is 30.3. The van der Waals surface area contributed by atoms with Crippen molar-refractivity contribution in [2.45, 2.75) is 25.0 Å². The van der Waals surface area contributed by atoms with E-state index in [2.05, 4.69) is 5.32 Å². The topological polar surface area (TPSA) is 89.9 Å². The van der Waals surface area contributed by atoms with Crippen molar-refractivity contribution in [2.75, 3.05) is 13.1 Å². The Bertz CT molecular complexity index is 290. The highest BCUT2D eigenvalue weighted by atomic mass is 16.4. The first-order chi connectivity index (χ1) is 7.08. The molecule has 0 aromatic rings. The van der Waals surface area contributed by atoms with Crippen LogP contribution in [0.3, 0.4) is 0 Å². The van der Waals surface area contributed by atoms with Crippen molar-refractivity contribution in [3.63, 3.8) is 0 Å². The van der Waals surface area contributed by atoms with Gasteiger partial charge in [-0.05, 0) is 12.8 Å². The van der Waals surface area contributed by atoms with Crippen LogP contribution >= 0.6 is 0 Å². The Morgan fingerprint density at radius 2 is 1.93 bits per heavy atom. The number of rotatable bonds is 2. The first-order valence-corrected chi connectivity index (χ1v) is 5.04. The van der Waals surface area contributed by atoms with Crippen LogP contribution in [0, 0.1) is 5.92 Å². The molecule has 84 valence electrons. The van der Waals surface area contributed by atoms with E-state index in [9.17, 15) is 14.7 Å². The van der Waals surface area contributed by atoms with Gasteiger partial charge in [-0.25, -0.2) is 4.79 Å². The largest absolute Gasteiger partial charge is 0.465 e. The lowest BCUT2D eigenvalue weighted by molar-refractivity contribution is -0.127. The quantitative estimate of drug-likeness (QED) is 0.563. The van der Waals surface area contributed by atoms with Gasteiger partial charge in [0, 0.05) is 12.6 Å². The maximum atomic E-state index is 11.6. The van der Waals surface area contributed by atoms with Crippen LogP contribution < -0.4 is 5.32 Å². The van der Waals surface area contributed by atoms with Crippen LogP contribution in [0.1, 0.15) is 12.8 Å². The number of carbonyl (C=O) groups is 2. The molecule has 0 aromatic heterocycles. The zero-order chi connectivity index (χ0) is 11.0. The van der Waals surface area contributed by atoms with Gasteiger partial charge in [-0.3, -0.25) is 4.79 Å². The molecule has 0 bridgehead atoms. The van der Waals surface area contributed by atoms with Gasteiger partial charge in [-0.1, -0.05) is 0 Å². The van der Waals surface area contributed by atoms with Crippen molar-refractivity contribution in [1.82, 2.24) is 10.2 Å². The van der Waals surface area contributed by atoms with Crippen LogP contribution in [0.25, 0.3) is 0 Å². The Kier molecular flexibility index (Phi) is 2.52. The summed E-state index contributed by atoms with van der Waals surface area (Å²) in [5, 5.41) is 21.0. The molecular weight excluding hydrogens is 200 g/mol. The lowest BCUT2D eigenvalue weighted by atomic mass is 10.1. The second-order valence-corrected chi connectivity index (χ2v) is 4.14. The second-order valence-electron chi connectivity index (χ2n) is 4.14. The minimum atomic E-state index is -1.09. The molecule has 6 heteroatoms. The molecule has 0 spiro atoms. The number of likely N-dealkylation sites (tertiary alicyclic amines) is 1.